The van der Waals surface area contributed by atoms with Crippen LogP contribution in [0.2, 0.25) is 0 Å². The van der Waals surface area contributed by atoms with Gasteiger partial charge in [0.15, 0.2) is 11.5 Å². The Bertz CT molecular complexity index is 1370. The molecule has 1 aliphatic heterocycles. The summed E-state index contributed by atoms with van der Waals surface area (Å²) in [6.07, 6.45) is 1.64. The van der Waals surface area contributed by atoms with Crippen LogP contribution in [-0.2, 0) is 11.4 Å². The van der Waals surface area contributed by atoms with Gasteiger partial charge in [0.2, 0.25) is 0 Å². The minimum atomic E-state index is -0.456. The zero-order chi connectivity index (χ0) is 27.1. The molecule has 1 heterocycles. The molecule has 0 bridgehead atoms. The normalized spacial score (nSPS) is 14.2. The maximum Gasteiger partial charge on any atom is 0.293 e. The van der Waals surface area contributed by atoms with E-state index in [1.807, 2.05) is 38.1 Å². The second kappa shape index (κ2) is 12.3. The first-order chi connectivity index (χ1) is 18.3. The number of non-ortho nitro benzene ring substituents is 1. The average Bonchev–Trinajstić information content (AvgIpc) is 3.17. The summed E-state index contributed by atoms with van der Waals surface area (Å²) in [5, 5.41) is 10.7. The molecule has 0 N–H and O–H groups in total. The number of rotatable bonds is 11. The molecule has 4 rings (SSSR count). The van der Waals surface area contributed by atoms with Crippen LogP contribution in [0.1, 0.15) is 23.6 Å². The van der Waals surface area contributed by atoms with E-state index in [2.05, 4.69) is 0 Å². The summed E-state index contributed by atoms with van der Waals surface area (Å²) in [7, 11) is 0. The first-order valence-corrected chi connectivity index (χ1v) is 12.7. The number of thioether (sulfide) groups is 1. The van der Waals surface area contributed by atoms with Crippen molar-refractivity contribution in [3.8, 4) is 17.2 Å². The van der Waals surface area contributed by atoms with E-state index in [0.717, 1.165) is 17.3 Å². The number of nitro groups is 1. The molecular weight excluding hydrogens is 508 g/mol. The van der Waals surface area contributed by atoms with Gasteiger partial charge in [0.25, 0.3) is 16.8 Å². The van der Waals surface area contributed by atoms with Gasteiger partial charge in [0.05, 0.1) is 23.0 Å². The predicted molar refractivity (Wildman–Crippen MR) is 144 cm³/mol. The Morgan fingerprint density at radius 1 is 0.974 bits per heavy atom. The van der Waals surface area contributed by atoms with Crippen LogP contribution < -0.4 is 14.2 Å². The third-order valence-electron chi connectivity index (χ3n) is 5.56. The second-order valence-electron chi connectivity index (χ2n) is 8.35. The molecular formula is C28H26N2O7S. The number of nitrogens with zero attached hydrogens (tertiary/aromatic N) is 2. The van der Waals surface area contributed by atoms with Crippen LogP contribution in [-0.4, -0.2) is 40.7 Å². The van der Waals surface area contributed by atoms with Crippen LogP contribution in [0.5, 0.6) is 17.2 Å². The highest BCUT2D eigenvalue weighted by molar-refractivity contribution is 8.18. The van der Waals surface area contributed by atoms with Crippen molar-refractivity contribution in [3.05, 3.63) is 98.4 Å². The van der Waals surface area contributed by atoms with Gasteiger partial charge in [-0.3, -0.25) is 24.6 Å². The number of aryl methyl sites for hydroxylation is 1. The lowest BCUT2D eigenvalue weighted by atomic mass is 10.1. The second-order valence-corrected chi connectivity index (χ2v) is 9.34. The highest BCUT2D eigenvalue weighted by Crippen LogP contribution is 2.35. The van der Waals surface area contributed by atoms with Crippen molar-refractivity contribution in [1.82, 2.24) is 4.90 Å². The van der Waals surface area contributed by atoms with Gasteiger partial charge >= 0.3 is 0 Å². The van der Waals surface area contributed by atoms with Crippen molar-refractivity contribution in [2.45, 2.75) is 20.5 Å². The van der Waals surface area contributed by atoms with E-state index in [9.17, 15) is 19.7 Å². The van der Waals surface area contributed by atoms with E-state index in [1.54, 1.807) is 36.4 Å². The molecule has 0 aliphatic carbocycles. The fourth-order valence-electron chi connectivity index (χ4n) is 3.66. The number of carbonyl (C=O) groups excluding carboxylic acids is 2. The molecule has 10 heteroatoms. The molecule has 0 aromatic heterocycles. The lowest BCUT2D eigenvalue weighted by Gasteiger charge is -2.13. The molecule has 0 radical (unpaired) electrons. The SMILES string of the molecule is CCOc1cc(/C=C2\SC(=O)N(CCOc3ccc(C)cc3)C2=O)ccc1OCc1cccc([N+](=O)[O-])c1. The molecule has 38 heavy (non-hydrogen) atoms. The van der Waals surface area contributed by atoms with Crippen LogP contribution in [0, 0.1) is 17.0 Å². The van der Waals surface area contributed by atoms with Gasteiger partial charge in [0.1, 0.15) is 19.0 Å². The molecule has 3 aromatic rings. The topological polar surface area (TPSA) is 108 Å². The number of carbonyl (C=O) groups is 2. The Hall–Kier alpha value is -4.31. The molecule has 1 fully saturated rings. The molecule has 0 unspecified atom stereocenters. The quantitative estimate of drug-likeness (QED) is 0.168. The highest BCUT2D eigenvalue weighted by atomic mass is 32.2. The fourth-order valence-corrected chi connectivity index (χ4v) is 4.52. The van der Waals surface area contributed by atoms with Crippen molar-refractivity contribution in [2.24, 2.45) is 0 Å². The van der Waals surface area contributed by atoms with E-state index < -0.39 is 4.92 Å². The fraction of sp³-hybridized carbons (Fsp3) is 0.214. The molecule has 1 aliphatic rings. The lowest BCUT2D eigenvalue weighted by molar-refractivity contribution is -0.384. The number of ether oxygens (including phenoxy) is 3. The Morgan fingerprint density at radius 2 is 1.76 bits per heavy atom. The summed E-state index contributed by atoms with van der Waals surface area (Å²) < 4.78 is 17.2. The minimum absolute atomic E-state index is 0.0119. The van der Waals surface area contributed by atoms with Crippen molar-refractivity contribution in [1.29, 1.82) is 0 Å². The van der Waals surface area contributed by atoms with E-state index in [0.29, 0.717) is 39.9 Å². The summed E-state index contributed by atoms with van der Waals surface area (Å²) in [5.74, 6) is 1.21. The molecule has 9 nitrogen and oxygen atoms in total. The Balaban J connectivity index is 1.42. The maximum atomic E-state index is 12.9. The predicted octanol–water partition coefficient (Wildman–Crippen LogP) is 6.00. The number of nitro benzene ring substituents is 1. The zero-order valence-electron chi connectivity index (χ0n) is 20.9. The smallest absolute Gasteiger partial charge is 0.293 e. The van der Waals surface area contributed by atoms with Gasteiger partial charge in [-0.15, -0.1) is 0 Å². The summed E-state index contributed by atoms with van der Waals surface area (Å²) >= 11 is 0.875. The van der Waals surface area contributed by atoms with E-state index in [4.69, 9.17) is 14.2 Å². The first-order valence-electron chi connectivity index (χ1n) is 11.9. The number of imide groups is 1. The molecule has 0 atom stereocenters. The van der Waals surface area contributed by atoms with Crippen LogP contribution in [0.15, 0.2) is 71.6 Å². The van der Waals surface area contributed by atoms with Gasteiger partial charge < -0.3 is 14.2 Å². The number of hydrogen-bond donors (Lipinski definition) is 0. The van der Waals surface area contributed by atoms with Crippen LogP contribution in [0.4, 0.5) is 10.5 Å². The minimum Gasteiger partial charge on any atom is -0.492 e. The Labute approximate surface area is 224 Å². The van der Waals surface area contributed by atoms with Crippen LogP contribution in [0.25, 0.3) is 6.08 Å². The average molecular weight is 535 g/mol. The van der Waals surface area contributed by atoms with Gasteiger partial charge in [-0.05, 0) is 67.1 Å². The summed E-state index contributed by atoms with van der Waals surface area (Å²) in [4.78, 5) is 37.4. The van der Waals surface area contributed by atoms with Gasteiger partial charge in [-0.2, -0.15) is 0 Å². The standard InChI is InChI=1S/C28H26N2O7S/c1-3-35-25-16-20(9-12-24(25)37-18-21-5-4-6-22(15-21)30(33)34)17-26-27(31)29(28(32)38-26)13-14-36-23-10-7-19(2)8-11-23/h4-12,15-17H,3,13-14,18H2,1-2H3/b26-17-. The Morgan fingerprint density at radius 3 is 2.50 bits per heavy atom. The van der Waals surface area contributed by atoms with Gasteiger partial charge in [0, 0.05) is 12.1 Å². The van der Waals surface area contributed by atoms with E-state index in [1.165, 1.54) is 17.0 Å². The molecule has 0 saturated carbocycles. The summed E-state index contributed by atoms with van der Waals surface area (Å²) in [5.41, 5.74) is 2.41. The van der Waals surface area contributed by atoms with Gasteiger partial charge in [-0.1, -0.05) is 35.9 Å². The molecule has 1 saturated heterocycles. The van der Waals surface area contributed by atoms with Crippen molar-refractivity contribution in [2.75, 3.05) is 19.8 Å². The number of benzene rings is 3. The highest BCUT2D eigenvalue weighted by Gasteiger charge is 2.34. The number of hydrogen-bond acceptors (Lipinski definition) is 8. The largest absolute Gasteiger partial charge is 0.492 e. The zero-order valence-corrected chi connectivity index (χ0v) is 21.7. The monoisotopic (exact) mass is 534 g/mol. The molecule has 196 valence electrons. The third kappa shape index (κ3) is 6.71. The third-order valence-corrected chi connectivity index (χ3v) is 6.47. The Kier molecular flexibility index (Phi) is 8.65. The van der Waals surface area contributed by atoms with Crippen LogP contribution >= 0.6 is 11.8 Å². The van der Waals surface area contributed by atoms with Crippen molar-refractivity contribution in [3.63, 3.8) is 0 Å². The summed E-state index contributed by atoms with van der Waals surface area (Å²) in [6, 6.07) is 18.9. The van der Waals surface area contributed by atoms with Crippen LogP contribution in [0.3, 0.4) is 0 Å². The van der Waals surface area contributed by atoms with Crippen molar-refractivity contribution < 1.29 is 28.7 Å². The van der Waals surface area contributed by atoms with E-state index >= 15 is 0 Å². The van der Waals surface area contributed by atoms with Gasteiger partial charge in [-0.25, -0.2) is 0 Å². The van der Waals surface area contributed by atoms with E-state index in [-0.39, 0.29) is 36.6 Å². The first kappa shape index (κ1) is 26.7. The molecule has 3 aromatic carbocycles. The maximum absolute atomic E-state index is 12.9. The molecule has 0 spiro atoms. The molecule has 2 amide bonds. The summed E-state index contributed by atoms with van der Waals surface area (Å²) in [6.45, 7) is 4.65. The number of amides is 2. The lowest BCUT2D eigenvalue weighted by Crippen LogP contribution is -2.32. The van der Waals surface area contributed by atoms with Crippen molar-refractivity contribution >= 4 is 34.7 Å².